The van der Waals surface area contributed by atoms with Gasteiger partial charge in [-0.05, 0) is 18.2 Å². The van der Waals surface area contributed by atoms with Gasteiger partial charge in [-0.2, -0.15) is 0 Å². The van der Waals surface area contributed by atoms with E-state index in [1.807, 2.05) is 0 Å². The number of carbonyl (C=O) groups is 3. The van der Waals surface area contributed by atoms with Crippen LogP contribution >= 0.6 is 0 Å². The van der Waals surface area contributed by atoms with Crippen LogP contribution < -0.4 is 5.32 Å². The van der Waals surface area contributed by atoms with Crippen molar-refractivity contribution in [2.45, 2.75) is 0 Å². The Balaban J connectivity index is 2.18. The highest BCUT2D eigenvalue weighted by Gasteiger charge is 2.31. The van der Waals surface area contributed by atoms with Crippen LogP contribution in [0.5, 0.6) is 5.75 Å². The number of nitrogens with zero attached hydrogens (tertiary/aromatic N) is 1. The summed E-state index contributed by atoms with van der Waals surface area (Å²) < 4.78 is 4.53. The van der Waals surface area contributed by atoms with Gasteiger partial charge in [0.05, 0.1) is 31.5 Å². The monoisotopic (exact) mass is 306 g/mol. The number of β-amino-alcohol motifs (C(OH)–C–C–N with tert-alkyl or cyclic N) is 1. The molecule has 3 N–H and O–H groups in total. The quantitative estimate of drug-likeness (QED) is 0.393. The van der Waals surface area contributed by atoms with Gasteiger partial charge in [0, 0.05) is 6.08 Å². The van der Waals surface area contributed by atoms with E-state index in [1.165, 1.54) is 25.3 Å². The Morgan fingerprint density at radius 2 is 2.09 bits per heavy atom. The number of nitrogens with one attached hydrogen (secondary N) is 1. The zero-order valence-electron chi connectivity index (χ0n) is 11.7. The number of hydrogen-bond donors (Lipinski definition) is 3. The molecule has 0 fully saturated rings. The Hall–Kier alpha value is -2.87. The van der Waals surface area contributed by atoms with Crippen LogP contribution in [0.25, 0.3) is 0 Å². The van der Waals surface area contributed by atoms with Crippen LogP contribution in [0.4, 0.5) is 5.69 Å². The van der Waals surface area contributed by atoms with Crippen molar-refractivity contribution >= 4 is 23.5 Å². The Labute approximate surface area is 125 Å². The first-order valence-corrected chi connectivity index (χ1v) is 6.34. The number of aliphatic hydroxyl groups is 1. The van der Waals surface area contributed by atoms with Crippen molar-refractivity contribution in [1.29, 1.82) is 0 Å². The summed E-state index contributed by atoms with van der Waals surface area (Å²) in [5, 5.41) is 21.3. The van der Waals surface area contributed by atoms with Crippen LogP contribution in [0, 0.1) is 0 Å². The van der Waals surface area contributed by atoms with Crippen molar-refractivity contribution in [1.82, 2.24) is 4.90 Å². The average molecular weight is 306 g/mol. The molecule has 0 spiro atoms. The summed E-state index contributed by atoms with van der Waals surface area (Å²) >= 11 is 0. The molecule has 1 heterocycles. The topological polar surface area (TPSA) is 116 Å². The van der Waals surface area contributed by atoms with Crippen LogP contribution in [0.1, 0.15) is 10.4 Å². The second-order valence-electron chi connectivity index (χ2n) is 4.43. The zero-order chi connectivity index (χ0) is 16.3. The minimum absolute atomic E-state index is 0.0282. The van der Waals surface area contributed by atoms with E-state index < -0.39 is 17.8 Å². The third-order valence-corrected chi connectivity index (χ3v) is 3.02. The molecule has 0 atom stereocenters. The molecule has 0 saturated carbocycles. The molecule has 1 aliphatic heterocycles. The fourth-order valence-corrected chi connectivity index (χ4v) is 1.94. The molecule has 8 heteroatoms. The molecule has 116 valence electrons. The van der Waals surface area contributed by atoms with Gasteiger partial charge in [0.25, 0.3) is 11.8 Å². The predicted octanol–water partition coefficient (Wildman–Crippen LogP) is -0.164. The van der Waals surface area contributed by atoms with Gasteiger partial charge in [-0.25, -0.2) is 4.79 Å². The normalized spacial score (nSPS) is 14.1. The van der Waals surface area contributed by atoms with Gasteiger partial charge in [-0.1, -0.05) is 0 Å². The van der Waals surface area contributed by atoms with Crippen LogP contribution in [0.2, 0.25) is 0 Å². The number of imide groups is 1. The summed E-state index contributed by atoms with van der Waals surface area (Å²) in [5.74, 6) is -2.03. The van der Waals surface area contributed by atoms with Gasteiger partial charge in [-0.15, -0.1) is 0 Å². The number of amides is 2. The van der Waals surface area contributed by atoms with Crippen molar-refractivity contribution in [3.8, 4) is 5.75 Å². The number of benzene rings is 1. The highest BCUT2D eigenvalue weighted by atomic mass is 16.5. The number of ether oxygens (including phenoxy) is 1. The van der Waals surface area contributed by atoms with Gasteiger partial charge < -0.3 is 20.3 Å². The standard InChI is InChI=1S/C14H14N2O6/c1-22-14(21)8-2-3-9(11(18)6-8)15-10-7-12(19)16(4-5-17)13(10)20/h2-3,6-7,15,17-18H,4-5H2,1H3. The van der Waals surface area contributed by atoms with E-state index in [2.05, 4.69) is 10.1 Å². The van der Waals surface area contributed by atoms with E-state index in [1.54, 1.807) is 0 Å². The lowest BCUT2D eigenvalue weighted by Crippen LogP contribution is -2.34. The minimum atomic E-state index is -0.609. The SMILES string of the molecule is COC(=O)c1ccc(NC2=CC(=O)N(CCO)C2=O)c(O)c1. The van der Waals surface area contributed by atoms with Crippen molar-refractivity contribution in [2.75, 3.05) is 25.6 Å². The minimum Gasteiger partial charge on any atom is -0.506 e. The smallest absolute Gasteiger partial charge is 0.337 e. The maximum Gasteiger partial charge on any atom is 0.337 e. The first kappa shape index (κ1) is 15.5. The van der Waals surface area contributed by atoms with Crippen LogP contribution in [-0.4, -0.2) is 53.2 Å². The number of carbonyl (C=O) groups excluding carboxylic acids is 3. The lowest BCUT2D eigenvalue weighted by Gasteiger charge is -2.14. The number of phenolic OH excluding ortho intramolecular Hbond substituents is 1. The Bertz CT molecular complexity index is 667. The van der Waals surface area contributed by atoms with E-state index in [4.69, 9.17) is 5.11 Å². The van der Waals surface area contributed by atoms with E-state index >= 15 is 0 Å². The highest BCUT2D eigenvalue weighted by Crippen LogP contribution is 2.27. The molecule has 0 saturated heterocycles. The molecule has 2 amide bonds. The fraction of sp³-hybridized carbons (Fsp3) is 0.214. The Kier molecular flexibility index (Phi) is 4.42. The highest BCUT2D eigenvalue weighted by molar-refractivity contribution is 6.17. The lowest BCUT2D eigenvalue weighted by atomic mass is 10.2. The molecule has 0 aliphatic carbocycles. The number of aliphatic hydroxyl groups excluding tert-OH is 1. The summed E-state index contributed by atoms with van der Waals surface area (Å²) in [5.41, 5.74) is 0.278. The molecular weight excluding hydrogens is 292 g/mol. The van der Waals surface area contributed by atoms with Crippen LogP contribution in [0.15, 0.2) is 30.0 Å². The van der Waals surface area contributed by atoms with Gasteiger partial charge in [0.1, 0.15) is 11.4 Å². The molecule has 2 rings (SSSR count). The lowest BCUT2D eigenvalue weighted by molar-refractivity contribution is -0.137. The number of rotatable bonds is 5. The predicted molar refractivity (Wildman–Crippen MR) is 75.0 cm³/mol. The van der Waals surface area contributed by atoms with Crippen LogP contribution in [-0.2, 0) is 14.3 Å². The van der Waals surface area contributed by atoms with Crippen molar-refractivity contribution in [3.63, 3.8) is 0 Å². The summed E-state index contributed by atoms with van der Waals surface area (Å²) in [6.07, 6.45) is 1.08. The molecule has 8 nitrogen and oxygen atoms in total. The maximum atomic E-state index is 12.0. The molecule has 0 unspecified atom stereocenters. The number of aromatic hydroxyl groups is 1. The molecule has 0 aromatic heterocycles. The molecule has 0 radical (unpaired) electrons. The number of phenols is 1. The molecule has 1 aromatic rings. The number of methoxy groups -OCH3 is 1. The second kappa shape index (κ2) is 6.27. The van der Waals surface area contributed by atoms with E-state index in [9.17, 15) is 19.5 Å². The summed E-state index contributed by atoms with van der Waals surface area (Å²) in [6.45, 7) is -0.440. The largest absolute Gasteiger partial charge is 0.506 e. The fourth-order valence-electron chi connectivity index (χ4n) is 1.94. The van der Waals surface area contributed by atoms with E-state index in [-0.39, 0.29) is 35.8 Å². The number of esters is 1. The summed E-state index contributed by atoms with van der Waals surface area (Å²) in [7, 11) is 1.22. The summed E-state index contributed by atoms with van der Waals surface area (Å²) in [4.78, 5) is 35.8. The molecular formula is C14H14N2O6. The van der Waals surface area contributed by atoms with Crippen LogP contribution in [0.3, 0.4) is 0 Å². The van der Waals surface area contributed by atoms with Gasteiger partial charge in [0.15, 0.2) is 0 Å². The Morgan fingerprint density at radius 3 is 2.68 bits per heavy atom. The zero-order valence-corrected chi connectivity index (χ0v) is 11.7. The van der Waals surface area contributed by atoms with E-state index in [0.29, 0.717) is 0 Å². The van der Waals surface area contributed by atoms with Crippen molar-refractivity contribution in [3.05, 3.63) is 35.5 Å². The third kappa shape index (κ3) is 2.91. The molecule has 1 aliphatic rings. The summed E-state index contributed by atoms with van der Waals surface area (Å²) in [6, 6.07) is 3.97. The van der Waals surface area contributed by atoms with E-state index in [0.717, 1.165) is 11.0 Å². The van der Waals surface area contributed by atoms with Gasteiger partial charge >= 0.3 is 5.97 Å². The van der Waals surface area contributed by atoms with Crippen molar-refractivity contribution in [2.24, 2.45) is 0 Å². The number of hydrogen-bond acceptors (Lipinski definition) is 7. The molecule has 1 aromatic carbocycles. The number of anilines is 1. The second-order valence-corrected chi connectivity index (χ2v) is 4.43. The van der Waals surface area contributed by atoms with Crippen molar-refractivity contribution < 1.29 is 29.3 Å². The van der Waals surface area contributed by atoms with Gasteiger partial charge in [0.2, 0.25) is 0 Å². The average Bonchev–Trinajstić information content (AvgIpc) is 2.76. The first-order chi connectivity index (χ1) is 10.5. The molecule has 22 heavy (non-hydrogen) atoms. The third-order valence-electron chi connectivity index (χ3n) is 3.02. The first-order valence-electron chi connectivity index (χ1n) is 6.34. The van der Waals surface area contributed by atoms with Gasteiger partial charge in [-0.3, -0.25) is 14.5 Å². The molecule has 0 bridgehead atoms. The maximum absolute atomic E-state index is 12.0. The Morgan fingerprint density at radius 1 is 1.36 bits per heavy atom.